The van der Waals surface area contributed by atoms with Crippen LogP contribution in [0.5, 0.6) is 0 Å². The molecule has 0 unspecified atom stereocenters. The molecule has 0 radical (unpaired) electrons. The first-order chi connectivity index (χ1) is 9.38. The Morgan fingerprint density at radius 1 is 1.20 bits per heavy atom. The summed E-state index contributed by atoms with van der Waals surface area (Å²) < 4.78 is 4.86. The van der Waals surface area contributed by atoms with Gasteiger partial charge in [0, 0.05) is 13.1 Å². The molecule has 0 spiro atoms. The Morgan fingerprint density at radius 3 is 2.25 bits per heavy atom. The lowest BCUT2D eigenvalue weighted by Crippen LogP contribution is -2.46. The molecule has 0 bridgehead atoms. The standard InChI is InChI=1S/C12H23N3O5/c1-3-12(4-2,10(17)18)8-15-11(19)14-5-6-20-7-9(13)16/h3-8H2,1-2H3,(H2,13,16)(H,17,18)(H2,14,15,19). The third-order valence-corrected chi connectivity index (χ3v) is 3.17. The smallest absolute Gasteiger partial charge is 0.314 e. The van der Waals surface area contributed by atoms with E-state index in [1.54, 1.807) is 13.8 Å². The predicted octanol–water partition coefficient (Wildman–Crippen LogP) is -0.321. The number of rotatable bonds is 10. The van der Waals surface area contributed by atoms with Gasteiger partial charge in [-0.1, -0.05) is 13.8 Å². The Kier molecular flexibility index (Phi) is 8.30. The summed E-state index contributed by atoms with van der Waals surface area (Å²) in [6.45, 7) is 3.77. The van der Waals surface area contributed by atoms with E-state index in [9.17, 15) is 19.5 Å². The molecular formula is C12H23N3O5. The number of nitrogens with one attached hydrogen (secondary N) is 2. The number of nitrogens with two attached hydrogens (primary N) is 1. The fourth-order valence-corrected chi connectivity index (χ4v) is 1.60. The summed E-state index contributed by atoms with van der Waals surface area (Å²) in [6.07, 6.45) is 0.863. The summed E-state index contributed by atoms with van der Waals surface area (Å²) >= 11 is 0. The maximum absolute atomic E-state index is 11.5. The van der Waals surface area contributed by atoms with Crippen molar-refractivity contribution in [2.75, 3.05) is 26.3 Å². The van der Waals surface area contributed by atoms with Crippen LogP contribution < -0.4 is 16.4 Å². The monoisotopic (exact) mass is 289 g/mol. The van der Waals surface area contributed by atoms with Crippen molar-refractivity contribution in [2.45, 2.75) is 26.7 Å². The number of amides is 3. The van der Waals surface area contributed by atoms with Gasteiger partial charge < -0.3 is 26.2 Å². The minimum absolute atomic E-state index is 0.0588. The third kappa shape index (κ3) is 6.37. The van der Waals surface area contributed by atoms with Crippen molar-refractivity contribution in [3.8, 4) is 0 Å². The summed E-state index contributed by atoms with van der Waals surface area (Å²) in [7, 11) is 0. The zero-order valence-electron chi connectivity index (χ0n) is 11.9. The second-order valence-corrected chi connectivity index (χ2v) is 4.42. The van der Waals surface area contributed by atoms with E-state index in [1.807, 2.05) is 0 Å². The molecule has 8 nitrogen and oxygen atoms in total. The molecule has 0 saturated carbocycles. The lowest BCUT2D eigenvalue weighted by Gasteiger charge is -2.26. The first-order valence-electron chi connectivity index (χ1n) is 6.49. The number of carbonyl (C=O) groups is 3. The minimum atomic E-state index is -0.945. The van der Waals surface area contributed by atoms with Gasteiger partial charge in [0.05, 0.1) is 12.0 Å². The number of carbonyl (C=O) groups excluding carboxylic acids is 2. The number of primary amides is 1. The largest absolute Gasteiger partial charge is 0.481 e. The molecule has 0 heterocycles. The summed E-state index contributed by atoms with van der Waals surface area (Å²) in [5, 5.41) is 14.2. The van der Waals surface area contributed by atoms with Crippen molar-refractivity contribution in [3.05, 3.63) is 0 Å². The first kappa shape index (κ1) is 18.2. The fourth-order valence-electron chi connectivity index (χ4n) is 1.60. The lowest BCUT2D eigenvalue weighted by atomic mass is 9.82. The van der Waals surface area contributed by atoms with Crippen LogP contribution in [0.25, 0.3) is 0 Å². The highest BCUT2D eigenvalue weighted by Gasteiger charge is 2.35. The van der Waals surface area contributed by atoms with Gasteiger partial charge in [0.25, 0.3) is 0 Å². The quantitative estimate of drug-likeness (QED) is 0.409. The second kappa shape index (κ2) is 9.13. The van der Waals surface area contributed by atoms with Crippen LogP contribution in [0.15, 0.2) is 0 Å². The average molecular weight is 289 g/mol. The lowest BCUT2D eigenvalue weighted by molar-refractivity contribution is -0.149. The molecule has 0 aromatic heterocycles. The van der Waals surface area contributed by atoms with Crippen molar-refractivity contribution in [1.29, 1.82) is 0 Å². The highest BCUT2D eigenvalue weighted by molar-refractivity contribution is 5.78. The fraction of sp³-hybridized carbons (Fsp3) is 0.750. The van der Waals surface area contributed by atoms with E-state index in [-0.39, 0.29) is 26.3 Å². The molecule has 0 aliphatic heterocycles. The maximum Gasteiger partial charge on any atom is 0.314 e. The van der Waals surface area contributed by atoms with Crippen LogP contribution in [-0.4, -0.2) is 49.3 Å². The molecule has 0 fully saturated rings. The maximum atomic E-state index is 11.5. The van der Waals surface area contributed by atoms with Gasteiger partial charge >= 0.3 is 12.0 Å². The molecule has 116 valence electrons. The Morgan fingerprint density at radius 2 is 1.80 bits per heavy atom. The number of ether oxygens (including phenoxy) is 1. The van der Waals surface area contributed by atoms with Crippen molar-refractivity contribution in [2.24, 2.45) is 11.1 Å². The number of urea groups is 1. The molecule has 0 rings (SSSR count). The summed E-state index contributed by atoms with van der Waals surface area (Å²) in [5.74, 6) is -1.50. The van der Waals surface area contributed by atoms with Crippen LogP contribution in [0.1, 0.15) is 26.7 Å². The Bertz CT molecular complexity index is 342. The van der Waals surface area contributed by atoms with E-state index in [0.29, 0.717) is 12.8 Å². The molecule has 0 aliphatic carbocycles. The van der Waals surface area contributed by atoms with Gasteiger partial charge in [0.2, 0.25) is 5.91 Å². The number of hydrogen-bond acceptors (Lipinski definition) is 4. The van der Waals surface area contributed by atoms with Gasteiger partial charge in [-0.05, 0) is 12.8 Å². The van der Waals surface area contributed by atoms with Crippen molar-refractivity contribution < 1.29 is 24.2 Å². The van der Waals surface area contributed by atoms with E-state index in [4.69, 9.17) is 10.5 Å². The van der Waals surface area contributed by atoms with E-state index in [0.717, 1.165) is 0 Å². The van der Waals surface area contributed by atoms with E-state index in [2.05, 4.69) is 10.6 Å². The SMILES string of the molecule is CCC(CC)(CNC(=O)NCCOCC(N)=O)C(=O)O. The van der Waals surface area contributed by atoms with Crippen LogP contribution >= 0.6 is 0 Å². The summed E-state index contributed by atoms with van der Waals surface area (Å²) in [6, 6.07) is -0.472. The molecule has 20 heavy (non-hydrogen) atoms. The molecule has 0 aromatic carbocycles. The van der Waals surface area contributed by atoms with Gasteiger partial charge in [0.1, 0.15) is 6.61 Å². The molecule has 3 amide bonds. The van der Waals surface area contributed by atoms with Crippen LogP contribution in [0.2, 0.25) is 0 Å². The number of carboxylic acid groups (broad SMARTS) is 1. The number of hydrogen-bond donors (Lipinski definition) is 4. The van der Waals surface area contributed by atoms with Crippen LogP contribution in [0.3, 0.4) is 0 Å². The van der Waals surface area contributed by atoms with E-state index >= 15 is 0 Å². The molecule has 0 aliphatic rings. The van der Waals surface area contributed by atoms with Gasteiger partial charge in [-0.25, -0.2) is 4.79 Å². The van der Waals surface area contributed by atoms with Gasteiger partial charge in [-0.3, -0.25) is 9.59 Å². The Balaban J connectivity index is 3.97. The molecule has 0 atom stereocenters. The second-order valence-electron chi connectivity index (χ2n) is 4.42. The highest BCUT2D eigenvalue weighted by atomic mass is 16.5. The van der Waals surface area contributed by atoms with E-state index in [1.165, 1.54) is 0 Å². The Labute approximate surface area is 118 Å². The number of aliphatic carboxylic acids is 1. The van der Waals surface area contributed by atoms with Gasteiger partial charge in [0.15, 0.2) is 0 Å². The van der Waals surface area contributed by atoms with Crippen LogP contribution in [0, 0.1) is 5.41 Å². The zero-order chi connectivity index (χ0) is 15.6. The molecule has 0 saturated heterocycles. The summed E-state index contributed by atoms with van der Waals surface area (Å²) in [5.41, 5.74) is 3.93. The van der Waals surface area contributed by atoms with Crippen LogP contribution in [-0.2, 0) is 14.3 Å². The molecule has 8 heteroatoms. The van der Waals surface area contributed by atoms with Gasteiger partial charge in [-0.2, -0.15) is 0 Å². The highest BCUT2D eigenvalue weighted by Crippen LogP contribution is 2.25. The van der Waals surface area contributed by atoms with Gasteiger partial charge in [-0.15, -0.1) is 0 Å². The third-order valence-electron chi connectivity index (χ3n) is 3.17. The average Bonchev–Trinajstić information content (AvgIpc) is 2.39. The molecular weight excluding hydrogens is 266 g/mol. The van der Waals surface area contributed by atoms with Crippen molar-refractivity contribution in [1.82, 2.24) is 10.6 Å². The molecule has 5 N–H and O–H groups in total. The minimum Gasteiger partial charge on any atom is -0.481 e. The Hall–Kier alpha value is -1.83. The van der Waals surface area contributed by atoms with Crippen LogP contribution in [0.4, 0.5) is 4.79 Å². The number of carboxylic acids is 1. The van der Waals surface area contributed by atoms with Crippen molar-refractivity contribution in [3.63, 3.8) is 0 Å². The first-order valence-corrected chi connectivity index (χ1v) is 6.49. The normalized spacial score (nSPS) is 10.9. The topological polar surface area (TPSA) is 131 Å². The summed E-state index contributed by atoms with van der Waals surface area (Å²) in [4.78, 5) is 33.1. The van der Waals surface area contributed by atoms with Crippen molar-refractivity contribution >= 4 is 17.9 Å². The molecule has 0 aromatic rings. The predicted molar refractivity (Wildman–Crippen MR) is 72.1 cm³/mol. The van der Waals surface area contributed by atoms with E-state index < -0.39 is 23.3 Å². The zero-order valence-corrected chi connectivity index (χ0v) is 11.9.